The summed E-state index contributed by atoms with van der Waals surface area (Å²) in [5.41, 5.74) is 1.58. The van der Waals surface area contributed by atoms with Crippen LogP contribution in [0.15, 0.2) is 59.6 Å². The maximum atomic E-state index is 13.3. The Morgan fingerprint density at radius 3 is 2.58 bits per heavy atom. The second-order valence-corrected chi connectivity index (χ2v) is 8.08. The van der Waals surface area contributed by atoms with Gasteiger partial charge in [0.05, 0.1) is 4.90 Å². The summed E-state index contributed by atoms with van der Waals surface area (Å²) in [6.07, 6.45) is 3.69. The molecule has 0 atom stereocenters. The monoisotopic (exact) mass is 344 g/mol. The number of benzene rings is 2. The molecular formula is C18H17FN2O2S. The van der Waals surface area contributed by atoms with E-state index in [-0.39, 0.29) is 16.1 Å². The van der Waals surface area contributed by atoms with E-state index in [1.807, 2.05) is 6.20 Å². The van der Waals surface area contributed by atoms with E-state index in [9.17, 15) is 12.8 Å². The topological polar surface area (TPSA) is 62.0 Å². The van der Waals surface area contributed by atoms with Crippen LogP contribution in [0.4, 0.5) is 4.39 Å². The van der Waals surface area contributed by atoms with Crippen LogP contribution in [-0.2, 0) is 15.4 Å². The first kappa shape index (κ1) is 15.4. The van der Waals surface area contributed by atoms with Crippen molar-refractivity contribution in [2.24, 2.45) is 0 Å². The van der Waals surface area contributed by atoms with Gasteiger partial charge >= 0.3 is 0 Å². The molecule has 24 heavy (non-hydrogen) atoms. The third-order valence-electron chi connectivity index (χ3n) is 4.72. The van der Waals surface area contributed by atoms with Crippen molar-refractivity contribution in [3.63, 3.8) is 0 Å². The second-order valence-electron chi connectivity index (χ2n) is 6.31. The summed E-state index contributed by atoms with van der Waals surface area (Å²) in [7, 11) is -3.52. The van der Waals surface area contributed by atoms with Crippen LogP contribution >= 0.6 is 0 Å². The minimum Gasteiger partial charge on any atom is -0.361 e. The summed E-state index contributed by atoms with van der Waals surface area (Å²) < 4.78 is 40.9. The molecule has 0 unspecified atom stereocenters. The van der Waals surface area contributed by atoms with Crippen molar-refractivity contribution in [3.05, 3.63) is 66.1 Å². The van der Waals surface area contributed by atoms with Gasteiger partial charge in [-0.1, -0.05) is 18.2 Å². The Morgan fingerprint density at radius 1 is 1.12 bits per heavy atom. The first-order chi connectivity index (χ1) is 11.5. The van der Waals surface area contributed by atoms with Gasteiger partial charge in [-0.25, -0.2) is 17.5 Å². The first-order valence-electron chi connectivity index (χ1n) is 7.82. The van der Waals surface area contributed by atoms with Gasteiger partial charge < -0.3 is 4.98 Å². The molecule has 2 aromatic carbocycles. The molecule has 0 aliphatic heterocycles. The molecule has 1 aliphatic rings. The van der Waals surface area contributed by atoms with Crippen LogP contribution in [0.5, 0.6) is 0 Å². The second kappa shape index (κ2) is 5.43. The van der Waals surface area contributed by atoms with Gasteiger partial charge in [-0.05, 0) is 48.7 Å². The molecule has 0 saturated heterocycles. The van der Waals surface area contributed by atoms with Crippen molar-refractivity contribution in [1.82, 2.24) is 9.71 Å². The van der Waals surface area contributed by atoms with Gasteiger partial charge in [0, 0.05) is 29.1 Å². The standard InChI is InChI=1S/C18H17FN2O2S/c19-13-6-7-15-16(11-20-17(15)10-13)18(8-9-18)12-21-24(22,23)14-4-2-1-3-5-14/h1-7,10-11,20-21H,8-9,12H2. The fourth-order valence-electron chi connectivity index (χ4n) is 3.15. The lowest BCUT2D eigenvalue weighted by Gasteiger charge is -2.16. The summed E-state index contributed by atoms with van der Waals surface area (Å²) >= 11 is 0. The number of hydrogen-bond donors (Lipinski definition) is 2. The molecule has 4 rings (SSSR count). The molecule has 0 spiro atoms. The van der Waals surface area contributed by atoms with E-state index < -0.39 is 10.0 Å². The van der Waals surface area contributed by atoms with Gasteiger partial charge in [-0.2, -0.15) is 0 Å². The predicted octanol–water partition coefficient (Wildman–Crippen LogP) is 3.32. The Morgan fingerprint density at radius 2 is 1.88 bits per heavy atom. The Labute approximate surface area is 139 Å². The first-order valence-corrected chi connectivity index (χ1v) is 9.30. The molecule has 2 N–H and O–H groups in total. The molecule has 1 saturated carbocycles. The number of fused-ring (bicyclic) bond motifs is 1. The highest BCUT2D eigenvalue weighted by Gasteiger charge is 2.46. The Hall–Kier alpha value is -2.18. The number of hydrogen-bond acceptors (Lipinski definition) is 2. The zero-order valence-electron chi connectivity index (χ0n) is 12.9. The SMILES string of the molecule is O=S(=O)(NCC1(c2c[nH]c3cc(F)ccc23)CC1)c1ccccc1. The third kappa shape index (κ3) is 2.61. The molecule has 1 heterocycles. The molecular weight excluding hydrogens is 327 g/mol. The van der Waals surface area contributed by atoms with Gasteiger partial charge in [-0.3, -0.25) is 0 Å². The highest BCUT2D eigenvalue weighted by molar-refractivity contribution is 7.89. The lowest BCUT2D eigenvalue weighted by molar-refractivity contribution is 0.568. The average molecular weight is 344 g/mol. The quantitative estimate of drug-likeness (QED) is 0.746. The average Bonchev–Trinajstić information content (AvgIpc) is 3.26. The Kier molecular flexibility index (Phi) is 3.47. The van der Waals surface area contributed by atoms with E-state index in [0.717, 1.165) is 29.3 Å². The molecule has 1 aliphatic carbocycles. The van der Waals surface area contributed by atoms with Crippen LogP contribution in [-0.4, -0.2) is 19.9 Å². The predicted molar refractivity (Wildman–Crippen MR) is 90.8 cm³/mol. The summed E-state index contributed by atoms with van der Waals surface area (Å²) in [6, 6.07) is 13.0. The van der Waals surface area contributed by atoms with E-state index >= 15 is 0 Å². The fraction of sp³-hybridized carbons (Fsp3) is 0.222. The van der Waals surface area contributed by atoms with Crippen molar-refractivity contribution >= 4 is 20.9 Å². The highest BCUT2D eigenvalue weighted by Crippen LogP contribution is 2.50. The molecule has 6 heteroatoms. The van der Waals surface area contributed by atoms with E-state index in [1.165, 1.54) is 12.1 Å². The summed E-state index contributed by atoms with van der Waals surface area (Å²) in [5.74, 6) is -0.287. The van der Waals surface area contributed by atoms with Crippen molar-refractivity contribution in [2.75, 3.05) is 6.54 Å². The van der Waals surface area contributed by atoms with Crippen molar-refractivity contribution < 1.29 is 12.8 Å². The molecule has 0 amide bonds. The normalized spacial score (nSPS) is 16.4. The zero-order valence-corrected chi connectivity index (χ0v) is 13.7. The number of H-pyrrole nitrogens is 1. The smallest absolute Gasteiger partial charge is 0.240 e. The van der Waals surface area contributed by atoms with Crippen molar-refractivity contribution in [3.8, 4) is 0 Å². The van der Waals surface area contributed by atoms with Crippen LogP contribution in [0.25, 0.3) is 10.9 Å². The maximum Gasteiger partial charge on any atom is 0.240 e. The maximum absolute atomic E-state index is 13.3. The van der Waals surface area contributed by atoms with Crippen molar-refractivity contribution in [1.29, 1.82) is 0 Å². The van der Waals surface area contributed by atoms with Crippen LogP contribution in [0, 0.1) is 5.82 Å². The van der Waals surface area contributed by atoms with Gasteiger partial charge in [-0.15, -0.1) is 0 Å². The number of halogens is 1. The number of aromatic amines is 1. The van der Waals surface area contributed by atoms with E-state index in [0.29, 0.717) is 6.54 Å². The molecule has 3 aromatic rings. The number of aromatic nitrogens is 1. The minimum atomic E-state index is -3.52. The zero-order chi connectivity index (χ0) is 16.8. The number of sulfonamides is 1. The molecule has 1 fully saturated rings. The summed E-state index contributed by atoms with van der Waals surface area (Å²) in [4.78, 5) is 3.35. The molecule has 124 valence electrons. The molecule has 0 bridgehead atoms. The van der Waals surface area contributed by atoms with Gasteiger partial charge in [0.15, 0.2) is 0 Å². The molecule has 1 aromatic heterocycles. The molecule has 0 radical (unpaired) electrons. The van der Waals surface area contributed by atoms with E-state index in [1.54, 1.807) is 36.4 Å². The molecule has 4 nitrogen and oxygen atoms in total. The van der Waals surface area contributed by atoms with Gasteiger partial charge in [0.25, 0.3) is 0 Å². The van der Waals surface area contributed by atoms with Crippen molar-refractivity contribution in [2.45, 2.75) is 23.2 Å². The van der Waals surface area contributed by atoms with E-state index in [2.05, 4.69) is 9.71 Å². The van der Waals surface area contributed by atoms with Gasteiger partial charge in [0.1, 0.15) is 5.82 Å². The Bertz CT molecular complexity index is 992. The van der Waals surface area contributed by atoms with Crippen LogP contribution in [0.3, 0.4) is 0 Å². The highest BCUT2D eigenvalue weighted by atomic mass is 32.2. The van der Waals surface area contributed by atoms with Crippen LogP contribution in [0.1, 0.15) is 18.4 Å². The third-order valence-corrected chi connectivity index (χ3v) is 6.14. The van der Waals surface area contributed by atoms with Gasteiger partial charge in [0.2, 0.25) is 10.0 Å². The van der Waals surface area contributed by atoms with Crippen LogP contribution < -0.4 is 4.72 Å². The summed E-state index contributed by atoms with van der Waals surface area (Å²) in [6.45, 7) is 0.342. The van der Waals surface area contributed by atoms with Crippen LogP contribution in [0.2, 0.25) is 0 Å². The number of nitrogens with one attached hydrogen (secondary N) is 2. The number of rotatable bonds is 5. The lowest BCUT2D eigenvalue weighted by atomic mass is 9.96. The fourth-order valence-corrected chi connectivity index (χ4v) is 4.29. The lowest BCUT2D eigenvalue weighted by Crippen LogP contribution is -2.32. The van der Waals surface area contributed by atoms with E-state index in [4.69, 9.17) is 0 Å². The summed E-state index contributed by atoms with van der Waals surface area (Å²) in [5, 5.41) is 0.952. The minimum absolute atomic E-state index is 0.210. The largest absolute Gasteiger partial charge is 0.361 e. The Balaban J connectivity index is 1.60.